The van der Waals surface area contributed by atoms with Gasteiger partial charge in [0.1, 0.15) is 24.9 Å². The first-order chi connectivity index (χ1) is 10.4. The van der Waals surface area contributed by atoms with E-state index in [-0.39, 0.29) is 12.3 Å². The number of aromatic hydroxyl groups is 1. The number of hydrogen-bond acceptors (Lipinski definition) is 5. The lowest BCUT2D eigenvalue weighted by molar-refractivity contribution is -0.138. The van der Waals surface area contributed by atoms with Crippen molar-refractivity contribution in [2.45, 2.75) is 13.0 Å². The fourth-order valence-electron chi connectivity index (χ4n) is 1.49. The molecule has 118 valence electrons. The number of phenols is 1. The molecule has 0 aromatic heterocycles. The summed E-state index contributed by atoms with van der Waals surface area (Å²) in [6.45, 7) is 0.706. The van der Waals surface area contributed by atoms with E-state index in [2.05, 4.69) is 15.6 Å². The average Bonchev–Trinajstić information content (AvgIpc) is 2.46. The fourth-order valence-corrected chi connectivity index (χ4v) is 1.49. The van der Waals surface area contributed by atoms with Gasteiger partial charge in [-0.3, -0.25) is 19.4 Å². The van der Waals surface area contributed by atoms with Crippen LogP contribution in [0.1, 0.15) is 12.5 Å². The van der Waals surface area contributed by atoms with Crippen LogP contribution in [0.4, 0.5) is 0 Å². The number of rotatable bonds is 7. The van der Waals surface area contributed by atoms with Gasteiger partial charge in [-0.15, -0.1) is 0 Å². The largest absolute Gasteiger partial charge is 0.507 e. The van der Waals surface area contributed by atoms with Crippen LogP contribution in [-0.2, 0) is 14.4 Å². The number of aliphatic imine (C=N–C) groups is 1. The zero-order valence-corrected chi connectivity index (χ0v) is 11.9. The van der Waals surface area contributed by atoms with Gasteiger partial charge in [-0.05, 0) is 19.1 Å². The van der Waals surface area contributed by atoms with Crippen molar-refractivity contribution in [2.24, 2.45) is 4.99 Å². The van der Waals surface area contributed by atoms with Crippen molar-refractivity contribution in [1.29, 1.82) is 0 Å². The number of nitrogens with one attached hydrogen (secondary N) is 2. The van der Waals surface area contributed by atoms with Gasteiger partial charge in [-0.25, -0.2) is 0 Å². The van der Waals surface area contributed by atoms with Gasteiger partial charge in [0, 0.05) is 11.8 Å². The molecule has 8 nitrogen and oxygen atoms in total. The van der Waals surface area contributed by atoms with E-state index < -0.39 is 30.4 Å². The van der Waals surface area contributed by atoms with Crippen LogP contribution in [-0.4, -0.2) is 53.3 Å². The number of carboxylic acid groups (broad SMARTS) is 1. The third-order valence-corrected chi connectivity index (χ3v) is 2.59. The molecule has 0 aliphatic rings. The molecule has 0 saturated carbocycles. The van der Waals surface area contributed by atoms with Crippen LogP contribution in [0.2, 0.25) is 0 Å². The molecule has 2 amide bonds. The zero-order chi connectivity index (χ0) is 16.5. The molecule has 1 aromatic carbocycles. The van der Waals surface area contributed by atoms with Gasteiger partial charge < -0.3 is 20.8 Å². The molecule has 1 aromatic rings. The SMILES string of the molecule is C[C@H](NC(=O)CN=Cc1ccccc1O)C(=O)NCC(=O)O. The third kappa shape index (κ3) is 6.04. The predicted molar refractivity (Wildman–Crippen MR) is 78.8 cm³/mol. The summed E-state index contributed by atoms with van der Waals surface area (Å²) in [5, 5.41) is 22.5. The average molecular weight is 307 g/mol. The molecule has 1 atom stereocenters. The summed E-state index contributed by atoms with van der Waals surface area (Å²) in [5.74, 6) is -2.21. The Balaban J connectivity index is 2.41. The first-order valence-corrected chi connectivity index (χ1v) is 6.47. The van der Waals surface area contributed by atoms with Gasteiger partial charge in [0.25, 0.3) is 0 Å². The maximum absolute atomic E-state index is 11.6. The van der Waals surface area contributed by atoms with E-state index in [9.17, 15) is 19.5 Å². The van der Waals surface area contributed by atoms with Gasteiger partial charge in [-0.1, -0.05) is 12.1 Å². The highest BCUT2D eigenvalue weighted by Crippen LogP contribution is 2.12. The Hall–Kier alpha value is -2.90. The van der Waals surface area contributed by atoms with Crippen LogP contribution >= 0.6 is 0 Å². The lowest BCUT2D eigenvalue weighted by Crippen LogP contribution is -2.46. The van der Waals surface area contributed by atoms with E-state index in [0.717, 1.165) is 0 Å². The number of carboxylic acids is 1. The molecule has 0 heterocycles. The molecule has 0 spiro atoms. The summed E-state index contributed by atoms with van der Waals surface area (Å²) in [4.78, 5) is 37.2. The molecule has 22 heavy (non-hydrogen) atoms. The molecule has 0 fully saturated rings. The van der Waals surface area contributed by atoms with Crippen molar-refractivity contribution < 1.29 is 24.6 Å². The minimum absolute atomic E-state index is 0.0491. The van der Waals surface area contributed by atoms with Crippen LogP contribution in [0.5, 0.6) is 5.75 Å². The summed E-state index contributed by atoms with van der Waals surface area (Å²) in [6.07, 6.45) is 1.35. The molecule has 0 bridgehead atoms. The number of carbonyl (C=O) groups excluding carboxylic acids is 2. The number of phenolic OH excluding ortho intramolecular Hbond substituents is 1. The van der Waals surface area contributed by atoms with Crippen molar-refractivity contribution in [1.82, 2.24) is 10.6 Å². The van der Waals surface area contributed by atoms with Crippen molar-refractivity contribution in [3.63, 3.8) is 0 Å². The highest BCUT2D eigenvalue weighted by molar-refractivity contribution is 5.90. The quantitative estimate of drug-likeness (QED) is 0.506. The van der Waals surface area contributed by atoms with Crippen molar-refractivity contribution in [3.05, 3.63) is 29.8 Å². The number of hydrogen-bond donors (Lipinski definition) is 4. The highest BCUT2D eigenvalue weighted by Gasteiger charge is 2.15. The molecule has 1 rings (SSSR count). The molecule has 0 aliphatic carbocycles. The zero-order valence-electron chi connectivity index (χ0n) is 11.9. The van der Waals surface area contributed by atoms with Crippen LogP contribution in [0, 0.1) is 0 Å². The summed E-state index contributed by atoms with van der Waals surface area (Å²) in [7, 11) is 0. The smallest absolute Gasteiger partial charge is 0.322 e. The van der Waals surface area contributed by atoms with Gasteiger partial charge in [0.05, 0.1) is 0 Å². The molecular formula is C14H17N3O5. The van der Waals surface area contributed by atoms with Gasteiger partial charge in [-0.2, -0.15) is 0 Å². The predicted octanol–water partition coefficient (Wildman–Crippen LogP) is -0.483. The molecule has 4 N–H and O–H groups in total. The maximum Gasteiger partial charge on any atom is 0.322 e. The first-order valence-electron chi connectivity index (χ1n) is 6.47. The van der Waals surface area contributed by atoms with Gasteiger partial charge in [0.15, 0.2) is 0 Å². The van der Waals surface area contributed by atoms with Crippen LogP contribution < -0.4 is 10.6 Å². The number of carbonyl (C=O) groups is 3. The molecule has 0 unspecified atom stereocenters. The molecule has 8 heteroatoms. The normalized spacial score (nSPS) is 11.9. The molecule has 0 radical (unpaired) electrons. The summed E-state index contributed by atoms with van der Waals surface area (Å²) in [5.41, 5.74) is 0.475. The second kappa shape index (κ2) is 8.40. The van der Waals surface area contributed by atoms with E-state index in [4.69, 9.17) is 5.11 Å². The van der Waals surface area contributed by atoms with E-state index in [0.29, 0.717) is 5.56 Å². The molecule has 0 aliphatic heterocycles. The lowest BCUT2D eigenvalue weighted by atomic mass is 10.2. The monoisotopic (exact) mass is 307 g/mol. The Kier molecular flexibility index (Phi) is 6.55. The Labute approximate surface area is 126 Å². The van der Waals surface area contributed by atoms with Crippen LogP contribution in [0.25, 0.3) is 0 Å². The molecule has 0 saturated heterocycles. The Morgan fingerprint density at radius 2 is 2.00 bits per heavy atom. The lowest BCUT2D eigenvalue weighted by Gasteiger charge is -2.12. The van der Waals surface area contributed by atoms with Crippen LogP contribution in [0.3, 0.4) is 0 Å². The van der Waals surface area contributed by atoms with E-state index in [1.54, 1.807) is 18.2 Å². The van der Waals surface area contributed by atoms with Crippen molar-refractivity contribution in [2.75, 3.05) is 13.1 Å². The Morgan fingerprint density at radius 3 is 2.64 bits per heavy atom. The molecular weight excluding hydrogens is 290 g/mol. The second-order valence-electron chi connectivity index (χ2n) is 4.43. The minimum atomic E-state index is -1.17. The van der Waals surface area contributed by atoms with Crippen molar-refractivity contribution >= 4 is 24.0 Å². The Bertz CT molecular complexity index is 586. The van der Waals surface area contributed by atoms with Gasteiger partial charge >= 0.3 is 5.97 Å². The standard InChI is InChI=1S/C14H17N3O5/c1-9(14(22)16-8-13(20)21)17-12(19)7-15-6-10-4-2-3-5-11(10)18/h2-6,9,18H,7-8H2,1H3,(H,16,22)(H,17,19)(H,20,21)/t9-/m0/s1. The fraction of sp³-hybridized carbons (Fsp3) is 0.286. The van der Waals surface area contributed by atoms with E-state index in [1.807, 2.05) is 0 Å². The maximum atomic E-state index is 11.6. The number of benzene rings is 1. The summed E-state index contributed by atoms with van der Waals surface area (Å²) >= 11 is 0. The van der Waals surface area contributed by atoms with E-state index in [1.165, 1.54) is 19.2 Å². The number of para-hydroxylation sites is 1. The summed E-state index contributed by atoms with van der Waals surface area (Å²) < 4.78 is 0. The van der Waals surface area contributed by atoms with E-state index >= 15 is 0 Å². The topological polar surface area (TPSA) is 128 Å². The van der Waals surface area contributed by atoms with Crippen LogP contribution in [0.15, 0.2) is 29.3 Å². The first kappa shape index (κ1) is 17.2. The highest BCUT2D eigenvalue weighted by atomic mass is 16.4. The van der Waals surface area contributed by atoms with Gasteiger partial charge in [0.2, 0.25) is 11.8 Å². The third-order valence-electron chi connectivity index (χ3n) is 2.59. The number of nitrogens with zero attached hydrogens (tertiary/aromatic N) is 1. The Morgan fingerprint density at radius 1 is 1.32 bits per heavy atom. The number of aliphatic carboxylic acids is 1. The summed E-state index contributed by atoms with van der Waals surface area (Å²) in [6, 6.07) is 5.65. The minimum Gasteiger partial charge on any atom is -0.507 e. The second-order valence-corrected chi connectivity index (χ2v) is 4.43. The number of amides is 2. The van der Waals surface area contributed by atoms with Crippen molar-refractivity contribution in [3.8, 4) is 5.75 Å².